The molecule has 0 aliphatic carbocycles. The highest BCUT2D eigenvalue weighted by Crippen LogP contribution is 2.16. The van der Waals surface area contributed by atoms with Gasteiger partial charge in [0.1, 0.15) is 5.82 Å². The molecule has 0 aliphatic heterocycles. The predicted octanol–water partition coefficient (Wildman–Crippen LogP) is 9.65. The van der Waals surface area contributed by atoms with E-state index in [9.17, 15) is 0 Å². The molecule has 5 nitrogen and oxygen atoms in total. The summed E-state index contributed by atoms with van der Waals surface area (Å²) in [6, 6.07) is 29.5. The molecule has 44 heavy (non-hydrogen) atoms. The molecule has 0 fully saturated rings. The fourth-order valence-electron chi connectivity index (χ4n) is 3.59. The first-order valence-corrected chi connectivity index (χ1v) is 14.8. The van der Waals surface area contributed by atoms with E-state index in [0.717, 1.165) is 28.5 Å². The summed E-state index contributed by atoms with van der Waals surface area (Å²) in [5.41, 5.74) is 10.6. The first-order valence-electron chi connectivity index (χ1n) is 14.8. The zero-order chi connectivity index (χ0) is 32.5. The smallest absolute Gasteiger partial charge is 0.125 e. The van der Waals surface area contributed by atoms with Crippen molar-refractivity contribution in [2.24, 2.45) is 0 Å². The highest BCUT2D eigenvalue weighted by Gasteiger charge is 1.93. The molecule has 0 aliphatic rings. The Morgan fingerprint density at radius 2 is 0.682 bits per heavy atom. The standard InChI is InChI=1S/C12H12.C8H10.C7H9N.2C6H8N2/c1-9-3-5-12-8-10(2)4-6-11(12)7-9;1-7-3-5-8(2)6-4-7;1-6-3-4-7(2)8-5-6;1-5-3-7-6(2)8-4-5;1-5-3-4-6(2)8-7-5/h3-8H,1-2H3;3-6H,1-2H3;3-5H,1-2H3;2*3-4H,1-2H3. The fourth-order valence-corrected chi connectivity index (χ4v) is 3.59. The van der Waals surface area contributed by atoms with Crippen molar-refractivity contribution in [3.63, 3.8) is 0 Å². The third-order valence-corrected chi connectivity index (χ3v) is 6.27. The molecule has 3 aromatic carbocycles. The molecule has 3 aromatic heterocycles. The molecular formula is C39H47N5. The van der Waals surface area contributed by atoms with Crippen LogP contribution in [0.2, 0.25) is 0 Å². The molecule has 3 heterocycles. The SMILES string of the molecule is Cc1ccc(C)cc1.Cc1ccc(C)nc1.Cc1ccc(C)nn1.Cc1ccc2cc(C)ccc2c1.Cc1cnc(C)nc1. The monoisotopic (exact) mass is 585 g/mol. The first kappa shape index (κ1) is 35.4. The van der Waals surface area contributed by atoms with Crippen LogP contribution in [0.3, 0.4) is 0 Å². The third kappa shape index (κ3) is 14.9. The van der Waals surface area contributed by atoms with Crippen LogP contribution in [-0.2, 0) is 0 Å². The number of nitrogens with zero attached hydrogens (tertiary/aromatic N) is 5. The van der Waals surface area contributed by atoms with Gasteiger partial charge in [-0.3, -0.25) is 4.98 Å². The summed E-state index contributed by atoms with van der Waals surface area (Å²) in [4.78, 5) is 12.0. The van der Waals surface area contributed by atoms with E-state index < -0.39 is 0 Å². The maximum absolute atomic E-state index is 4.08. The molecule has 0 bridgehead atoms. The molecule has 6 rings (SSSR count). The molecule has 0 amide bonds. The van der Waals surface area contributed by atoms with Gasteiger partial charge in [-0.1, -0.05) is 89.0 Å². The highest BCUT2D eigenvalue weighted by molar-refractivity contribution is 5.83. The minimum Gasteiger partial charge on any atom is -0.261 e. The zero-order valence-electron chi connectivity index (χ0n) is 28.1. The van der Waals surface area contributed by atoms with Crippen LogP contribution in [0.5, 0.6) is 0 Å². The Hall–Kier alpha value is -4.77. The number of aryl methyl sites for hydroxylation is 10. The minimum absolute atomic E-state index is 0.829. The van der Waals surface area contributed by atoms with Crippen LogP contribution >= 0.6 is 0 Å². The summed E-state index contributed by atoms with van der Waals surface area (Å²) in [6.45, 7) is 20.2. The third-order valence-electron chi connectivity index (χ3n) is 6.27. The predicted molar refractivity (Wildman–Crippen MR) is 186 cm³/mol. The van der Waals surface area contributed by atoms with Crippen LogP contribution in [0.15, 0.2) is 104 Å². The Kier molecular flexibility index (Phi) is 15.1. The Morgan fingerprint density at radius 3 is 1.02 bits per heavy atom. The van der Waals surface area contributed by atoms with Gasteiger partial charge in [0.25, 0.3) is 0 Å². The van der Waals surface area contributed by atoms with Crippen LogP contribution < -0.4 is 0 Å². The van der Waals surface area contributed by atoms with Crippen molar-refractivity contribution in [1.29, 1.82) is 0 Å². The number of aromatic nitrogens is 5. The maximum atomic E-state index is 4.08. The van der Waals surface area contributed by atoms with Crippen LogP contribution in [0.1, 0.15) is 56.3 Å². The van der Waals surface area contributed by atoms with E-state index in [0.29, 0.717) is 0 Å². The molecule has 0 unspecified atom stereocenters. The number of hydrogen-bond acceptors (Lipinski definition) is 5. The van der Waals surface area contributed by atoms with E-state index in [-0.39, 0.29) is 0 Å². The van der Waals surface area contributed by atoms with Crippen molar-refractivity contribution >= 4 is 10.8 Å². The van der Waals surface area contributed by atoms with E-state index in [2.05, 4.69) is 120 Å². The second-order valence-corrected chi connectivity index (χ2v) is 11.1. The molecule has 0 atom stereocenters. The molecule has 0 N–H and O–H groups in total. The van der Waals surface area contributed by atoms with Crippen LogP contribution in [0.25, 0.3) is 10.8 Å². The number of benzene rings is 3. The molecule has 5 heteroatoms. The van der Waals surface area contributed by atoms with Gasteiger partial charge in [-0.25, -0.2) is 9.97 Å². The van der Waals surface area contributed by atoms with Crippen molar-refractivity contribution in [1.82, 2.24) is 25.1 Å². The molecule has 0 radical (unpaired) electrons. The minimum atomic E-state index is 0.829. The second kappa shape index (κ2) is 18.7. The van der Waals surface area contributed by atoms with Gasteiger partial charge < -0.3 is 0 Å². The summed E-state index contributed by atoms with van der Waals surface area (Å²) in [7, 11) is 0. The summed E-state index contributed by atoms with van der Waals surface area (Å²) in [6.07, 6.45) is 5.49. The first-order chi connectivity index (χ1) is 20.9. The normalized spacial score (nSPS) is 9.59. The quantitative estimate of drug-likeness (QED) is 0.178. The van der Waals surface area contributed by atoms with Crippen molar-refractivity contribution in [2.45, 2.75) is 69.2 Å². The van der Waals surface area contributed by atoms with E-state index in [1.165, 1.54) is 38.6 Å². The van der Waals surface area contributed by atoms with Crippen molar-refractivity contribution < 1.29 is 0 Å². The van der Waals surface area contributed by atoms with E-state index >= 15 is 0 Å². The fraction of sp³-hybridized carbons (Fsp3) is 0.256. The van der Waals surface area contributed by atoms with E-state index in [1.54, 1.807) is 0 Å². The average Bonchev–Trinajstić information content (AvgIpc) is 3.01. The van der Waals surface area contributed by atoms with E-state index in [1.807, 2.05) is 78.3 Å². The van der Waals surface area contributed by atoms with Crippen LogP contribution in [0.4, 0.5) is 0 Å². The molecule has 6 aromatic rings. The molecule has 0 saturated carbocycles. The Labute approximate surface area is 264 Å². The van der Waals surface area contributed by atoms with Gasteiger partial charge in [0.05, 0.1) is 11.4 Å². The lowest BCUT2D eigenvalue weighted by Gasteiger charge is -1.99. The van der Waals surface area contributed by atoms with Gasteiger partial charge >= 0.3 is 0 Å². The number of pyridine rings is 1. The van der Waals surface area contributed by atoms with Gasteiger partial charge in [0, 0.05) is 24.3 Å². The summed E-state index contributed by atoms with van der Waals surface area (Å²) < 4.78 is 0. The van der Waals surface area contributed by atoms with Crippen molar-refractivity contribution in [3.05, 3.63) is 160 Å². The molecule has 228 valence electrons. The van der Waals surface area contributed by atoms with Gasteiger partial charge in [0.2, 0.25) is 0 Å². The molecule has 0 saturated heterocycles. The van der Waals surface area contributed by atoms with Gasteiger partial charge in [-0.15, -0.1) is 0 Å². The second-order valence-electron chi connectivity index (χ2n) is 11.1. The van der Waals surface area contributed by atoms with Crippen molar-refractivity contribution in [3.8, 4) is 0 Å². The van der Waals surface area contributed by atoms with Crippen molar-refractivity contribution in [2.75, 3.05) is 0 Å². The summed E-state index contributed by atoms with van der Waals surface area (Å²) in [5, 5.41) is 10.3. The summed E-state index contributed by atoms with van der Waals surface area (Å²) >= 11 is 0. The van der Waals surface area contributed by atoms with Gasteiger partial charge in [0.15, 0.2) is 0 Å². The molecular weight excluding hydrogens is 538 g/mol. The number of fused-ring (bicyclic) bond motifs is 1. The van der Waals surface area contributed by atoms with Gasteiger partial charge in [-0.05, 0) is 109 Å². The zero-order valence-corrected chi connectivity index (χ0v) is 28.1. The maximum Gasteiger partial charge on any atom is 0.125 e. The largest absolute Gasteiger partial charge is 0.261 e. The lowest BCUT2D eigenvalue weighted by Crippen LogP contribution is -1.86. The topological polar surface area (TPSA) is 64.5 Å². The Bertz CT molecular complexity index is 1360. The Morgan fingerprint density at radius 1 is 0.318 bits per heavy atom. The van der Waals surface area contributed by atoms with Gasteiger partial charge in [-0.2, -0.15) is 10.2 Å². The summed E-state index contributed by atoms with van der Waals surface area (Å²) in [5.74, 6) is 0.829. The Balaban J connectivity index is 0.000000194. The molecule has 0 spiro atoms. The lowest BCUT2D eigenvalue weighted by atomic mass is 10.1. The number of hydrogen-bond donors (Lipinski definition) is 0. The lowest BCUT2D eigenvalue weighted by molar-refractivity contribution is 0.941. The number of rotatable bonds is 0. The van der Waals surface area contributed by atoms with Crippen LogP contribution in [0, 0.1) is 69.2 Å². The average molecular weight is 586 g/mol. The van der Waals surface area contributed by atoms with E-state index in [4.69, 9.17) is 0 Å². The highest BCUT2D eigenvalue weighted by atomic mass is 15.1. The van der Waals surface area contributed by atoms with Crippen LogP contribution in [-0.4, -0.2) is 25.1 Å².